The number of anilines is 1. The van der Waals surface area contributed by atoms with Gasteiger partial charge in [-0.15, -0.1) is 0 Å². The van der Waals surface area contributed by atoms with Gasteiger partial charge in [0.1, 0.15) is 0 Å². The van der Waals surface area contributed by atoms with Crippen molar-refractivity contribution in [3.8, 4) is 11.4 Å². The zero-order valence-corrected chi connectivity index (χ0v) is 13.6. The highest BCUT2D eigenvalue weighted by atomic mass is 16.2. The Balaban J connectivity index is 1.61. The molecule has 1 unspecified atom stereocenters. The first-order chi connectivity index (χ1) is 12.1. The van der Waals surface area contributed by atoms with E-state index in [4.69, 9.17) is 0 Å². The topological polar surface area (TPSA) is 132 Å². The molecular formula is C16H17N7O2. The van der Waals surface area contributed by atoms with E-state index in [0.717, 1.165) is 36.2 Å². The van der Waals surface area contributed by atoms with Crippen molar-refractivity contribution in [1.29, 1.82) is 0 Å². The van der Waals surface area contributed by atoms with Crippen LogP contribution in [0.4, 0.5) is 5.69 Å². The van der Waals surface area contributed by atoms with Crippen molar-refractivity contribution in [3.05, 3.63) is 45.6 Å². The van der Waals surface area contributed by atoms with E-state index in [9.17, 15) is 9.59 Å². The Bertz CT molecular complexity index is 984. The molecule has 0 bridgehead atoms. The maximum atomic E-state index is 12.8. The lowest BCUT2D eigenvalue weighted by molar-refractivity contribution is -0.118. The summed E-state index contributed by atoms with van der Waals surface area (Å²) in [6.07, 6.45) is 2.50. The number of nitrogens with one attached hydrogen (secondary N) is 4. The number of carbonyl (C=O) groups is 1. The molecule has 25 heavy (non-hydrogen) atoms. The smallest absolute Gasteiger partial charge is 0.325 e. The number of aryl methyl sites for hydroxylation is 2. The summed E-state index contributed by atoms with van der Waals surface area (Å²) < 4.78 is 0. The molecule has 3 aromatic rings. The highest BCUT2D eigenvalue weighted by Gasteiger charge is 2.30. The predicted octanol–water partition coefficient (Wildman–Crippen LogP) is 1.25. The third-order valence-electron chi connectivity index (χ3n) is 4.47. The van der Waals surface area contributed by atoms with Crippen LogP contribution in [0.25, 0.3) is 11.4 Å². The maximum Gasteiger partial charge on any atom is 0.340 e. The van der Waals surface area contributed by atoms with Gasteiger partial charge in [-0.1, -0.05) is 12.1 Å². The molecule has 128 valence electrons. The average Bonchev–Trinajstić information content (AvgIpc) is 3.25. The molecule has 9 nitrogen and oxygen atoms in total. The van der Waals surface area contributed by atoms with E-state index in [1.807, 2.05) is 19.1 Å². The lowest BCUT2D eigenvalue weighted by Crippen LogP contribution is -2.25. The van der Waals surface area contributed by atoms with E-state index in [2.05, 4.69) is 35.9 Å². The van der Waals surface area contributed by atoms with Crippen LogP contribution in [-0.4, -0.2) is 36.5 Å². The van der Waals surface area contributed by atoms with Crippen molar-refractivity contribution in [2.45, 2.75) is 32.1 Å². The van der Waals surface area contributed by atoms with Crippen molar-refractivity contribution >= 4 is 11.6 Å². The molecule has 4 rings (SSSR count). The summed E-state index contributed by atoms with van der Waals surface area (Å²) in [6.45, 7) is 1.91. The van der Waals surface area contributed by atoms with Gasteiger partial charge in [-0.2, -0.15) is 20.5 Å². The summed E-state index contributed by atoms with van der Waals surface area (Å²) in [7, 11) is 0. The Labute approximate surface area is 142 Å². The zero-order valence-electron chi connectivity index (χ0n) is 13.6. The summed E-state index contributed by atoms with van der Waals surface area (Å²) in [5.41, 5.74) is 3.54. The van der Waals surface area contributed by atoms with E-state index in [1.165, 1.54) is 0 Å². The van der Waals surface area contributed by atoms with E-state index >= 15 is 0 Å². The number of nitrogens with zero attached hydrogens (tertiary/aromatic N) is 3. The summed E-state index contributed by atoms with van der Waals surface area (Å²) in [4.78, 5) is 26.6. The van der Waals surface area contributed by atoms with Crippen LogP contribution in [0.2, 0.25) is 0 Å². The first kappa shape index (κ1) is 15.3. The molecule has 9 heteroatoms. The van der Waals surface area contributed by atoms with Crippen LogP contribution >= 0.6 is 0 Å². The summed E-state index contributed by atoms with van der Waals surface area (Å²) in [6, 6.07) is 5.51. The van der Waals surface area contributed by atoms with Crippen LogP contribution in [0.5, 0.6) is 0 Å². The van der Waals surface area contributed by atoms with Crippen LogP contribution in [0, 0.1) is 6.92 Å². The highest BCUT2D eigenvalue weighted by molar-refractivity contribution is 5.97. The lowest BCUT2D eigenvalue weighted by Gasteiger charge is -2.20. The number of aromatic nitrogens is 6. The monoisotopic (exact) mass is 339 g/mol. The molecule has 4 N–H and O–H groups in total. The van der Waals surface area contributed by atoms with Gasteiger partial charge in [0.25, 0.3) is 0 Å². The van der Waals surface area contributed by atoms with E-state index in [-0.39, 0.29) is 17.5 Å². The SMILES string of the molecule is Cc1ccc(-c2n[nH]c(=O)[nH]2)cc1NC(=O)C1CCCc2n[nH]nc21. The summed E-state index contributed by atoms with van der Waals surface area (Å²) in [5.74, 6) is 0.0123. The van der Waals surface area contributed by atoms with Gasteiger partial charge in [-0.25, -0.2) is 9.89 Å². The second kappa shape index (κ2) is 6.00. The molecule has 0 spiro atoms. The largest absolute Gasteiger partial charge is 0.340 e. The molecule has 1 atom stereocenters. The number of H-pyrrole nitrogens is 3. The van der Waals surface area contributed by atoms with Crippen LogP contribution in [-0.2, 0) is 11.2 Å². The lowest BCUT2D eigenvalue weighted by atomic mass is 9.89. The molecule has 1 aliphatic rings. The number of hydrogen-bond donors (Lipinski definition) is 4. The zero-order chi connectivity index (χ0) is 17.4. The summed E-state index contributed by atoms with van der Waals surface area (Å²) >= 11 is 0. The Morgan fingerprint density at radius 3 is 2.96 bits per heavy atom. The van der Waals surface area contributed by atoms with Gasteiger partial charge in [-0.05, 0) is 37.8 Å². The number of benzene rings is 1. The first-order valence-corrected chi connectivity index (χ1v) is 8.08. The molecule has 0 saturated carbocycles. The van der Waals surface area contributed by atoms with Crippen molar-refractivity contribution in [2.75, 3.05) is 5.32 Å². The molecule has 0 fully saturated rings. The Hall–Kier alpha value is -3.23. The van der Waals surface area contributed by atoms with Crippen molar-refractivity contribution in [2.24, 2.45) is 0 Å². The number of amides is 1. The number of hydrogen-bond acceptors (Lipinski definition) is 5. The fourth-order valence-electron chi connectivity index (χ4n) is 3.12. The van der Waals surface area contributed by atoms with E-state index < -0.39 is 0 Å². The molecule has 1 aromatic carbocycles. The predicted molar refractivity (Wildman–Crippen MR) is 90.1 cm³/mol. The number of fused-ring (bicyclic) bond motifs is 1. The Kier molecular flexibility index (Phi) is 3.68. The standard InChI is InChI=1S/C16H17N7O2/c1-8-5-6-9(14-18-16(25)22-21-14)7-12(8)17-15(24)10-3-2-4-11-13(10)20-23-19-11/h5-7,10H,2-4H2,1H3,(H,17,24)(H,19,20,23)(H2,18,21,22,25). The molecule has 2 aromatic heterocycles. The third-order valence-corrected chi connectivity index (χ3v) is 4.47. The van der Waals surface area contributed by atoms with Crippen LogP contribution in [0.3, 0.4) is 0 Å². The number of carbonyl (C=O) groups excluding carboxylic acids is 1. The molecule has 0 radical (unpaired) electrons. The van der Waals surface area contributed by atoms with E-state index in [0.29, 0.717) is 17.1 Å². The van der Waals surface area contributed by atoms with Gasteiger partial charge >= 0.3 is 5.69 Å². The molecule has 2 heterocycles. The fraction of sp³-hybridized carbons (Fsp3) is 0.312. The minimum atomic E-state index is -0.373. The molecule has 0 saturated heterocycles. The molecule has 1 amide bonds. The number of aromatic amines is 3. The van der Waals surface area contributed by atoms with Gasteiger partial charge in [0.2, 0.25) is 5.91 Å². The second-order valence-electron chi connectivity index (χ2n) is 6.15. The second-order valence-corrected chi connectivity index (χ2v) is 6.15. The quantitative estimate of drug-likeness (QED) is 0.570. The van der Waals surface area contributed by atoms with Crippen molar-refractivity contribution in [1.82, 2.24) is 30.6 Å². The number of rotatable bonds is 3. The Morgan fingerprint density at radius 2 is 2.16 bits per heavy atom. The summed E-state index contributed by atoms with van der Waals surface area (Å²) in [5, 5.41) is 20.1. The van der Waals surface area contributed by atoms with Crippen LogP contribution in [0.1, 0.15) is 35.7 Å². The van der Waals surface area contributed by atoms with Gasteiger partial charge in [0.15, 0.2) is 5.82 Å². The van der Waals surface area contributed by atoms with Gasteiger partial charge in [0, 0.05) is 11.3 Å². The van der Waals surface area contributed by atoms with Crippen LogP contribution < -0.4 is 11.0 Å². The van der Waals surface area contributed by atoms with E-state index in [1.54, 1.807) is 6.07 Å². The normalized spacial score (nSPS) is 16.4. The van der Waals surface area contributed by atoms with Crippen molar-refractivity contribution in [3.63, 3.8) is 0 Å². The molecule has 1 aliphatic carbocycles. The highest BCUT2D eigenvalue weighted by Crippen LogP contribution is 2.30. The van der Waals surface area contributed by atoms with Gasteiger partial charge < -0.3 is 5.32 Å². The molecular weight excluding hydrogens is 322 g/mol. The molecule has 0 aliphatic heterocycles. The minimum absolute atomic E-state index is 0.106. The average molecular weight is 339 g/mol. The maximum absolute atomic E-state index is 12.8. The third kappa shape index (κ3) is 2.84. The minimum Gasteiger partial charge on any atom is -0.325 e. The van der Waals surface area contributed by atoms with Gasteiger partial charge in [0.05, 0.1) is 17.3 Å². The fourth-order valence-corrected chi connectivity index (χ4v) is 3.12. The first-order valence-electron chi connectivity index (χ1n) is 8.08. The van der Waals surface area contributed by atoms with Crippen LogP contribution in [0.15, 0.2) is 23.0 Å². The van der Waals surface area contributed by atoms with Gasteiger partial charge in [-0.3, -0.25) is 9.78 Å². The Morgan fingerprint density at radius 1 is 1.28 bits per heavy atom. The van der Waals surface area contributed by atoms with Crippen molar-refractivity contribution < 1.29 is 4.79 Å².